The molecular weight excluding hydrogens is 440 g/mol. The number of halogens is 2. The zero-order chi connectivity index (χ0) is 23.7. The molecule has 1 aromatic carbocycles. The Morgan fingerprint density at radius 1 is 1.09 bits per heavy atom. The summed E-state index contributed by atoms with van der Waals surface area (Å²) in [5.74, 6) is -0.412. The summed E-state index contributed by atoms with van der Waals surface area (Å²) in [6.07, 6.45) is 9.16. The van der Waals surface area contributed by atoms with Gasteiger partial charge >= 0.3 is 0 Å². The molecule has 3 heterocycles. The van der Waals surface area contributed by atoms with Crippen molar-refractivity contribution < 1.29 is 13.6 Å². The van der Waals surface area contributed by atoms with Crippen molar-refractivity contribution >= 4 is 34.7 Å². The van der Waals surface area contributed by atoms with Gasteiger partial charge in [-0.15, -0.1) is 0 Å². The average Bonchev–Trinajstić information content (AvgIpc) is 3.19. The molecule has 1 saturated heterocycles. The van der Waals surface area contributed by atoms with Crippen LogP contribution in [-0.2, 0) is 4.79 Å². The molecule has 0 radical (unpaired) electrons. The largest absolute Gasteiger partial charge is 0.351 e. The van der Waals surface area contributed by atoms with Crippen LogP contribution in [0.5, 0.6) is 0 Å². The van der Waals surface area contributed by atoms with E-state index in [1.807, 2.05) is 9.47 Å². The Morgan fingerprint density at radius 3 is 2.68 bits per heavy atom. The summed E-state index contributed by atoms with van der Waals surface area (Å²) in [4.78, 5) is 27.8. The van der Waals surface area contributed by atoms with E-state index in [9.17, 15) is 13.6 Å². The van der Waals surface area contributed by atoms with E-state index in [2.05, 4.69) is 20.6 Å². The summed E-state index contributed by atoms with van der Waals surface area (Å²) >= 11 is 0. The van der Waals surface area contributed by atoms with Gasteiger partial charge in [0.25, 0.3) is 0 Å². The van der Waals surface area contributed by atoms with Crippen molar-refractivity contribution in [1.82, 2.24) is 24.4 Å². The number of imidazole rings is 1. The summed E-state index contributed by atoms with van der Waals surface area (Å²) < 4.78 is 29.8. The number of carbonyl (C=O) groups excluding carboxylic acids is 1. The van der Waals surface area contributed by atoms with Crippen molar-refractivity contribution in [2.75, 3.05) is 23.7 Å². The van der Waals surface area contributed by atoms with Crippen LogP contribution in [0.1, 0.15) is 57.9 Å². The van der Waals surface area contributed by atoms with Crippen LogP contribution < -0.4 is 10.6 Å². The Hall–Kier alpha value is -3.30. The summed E-state index contributed by atoms with van der Waals surface area (Å²) in [5.41, 5.74) is 1.30. The minimum Gasteiger partial charge on any atom is -0.351 e. The fourth-order valence-electron chi connectivity index (χ4n) is 4.99. The second-order valence-corrected chi connectivity index (χ2v) is 9.20. The molecule has 2 aromatic heterocycles. The van der Waals surface area contributed by atoms with Gasteiger partial charge in [0.2, 0.25) is 17.8 Å². The molecular formula is C24H29F2N7O. The Bertz CT molecular complexity index is 1190. The molecule has 2 fully saturated rings. The van der Waals surface area contributed by atoms with Crippen molar-refractivity contribution in [3.8, 4) is 0 Å². The van der Waals surface area contributed by atoms with Crippen LogP contribution >= 0.6 is 0 Å². The second-order valence-electron chi connectivity index (χ2n) is 9.20. The van der Waals surface area contributed by atoms with E-state index in [1.165, 1.54) is 31.4 Å². The zero-order valence-electron chi connectivity index (χ0n) is 19.2. The molecule has 0 bridgehead atoms. The lowest BCUT2D eigenvalue weighted by Gasteiger charge is -2.33. The van der Waals surface area contributed by atoms with E-state index >= 15 is 0 Å². The third kappa shape index (κ3) is 4.67. The molecule has 5 rings (SSSR count). The number of amides is 1. The number of hydrogen-bond acceptors (Lipinski definition) is 6. The Morgan fingerprint density at radius 2 is 1.91 bits per heavy atom. The first-order chi connectivity index (χ1) is 16.5. The SMILES string of the molecule is CC(=O)N1CCCC(n2c(Nc3ccc(F)cc3F)nc3cnc(NC4CCCCC4)nc32)C1. The quantitative estimate of drug-likeness (QED) is 0.559. The Balaban J connectivity index is 1.53. The molecule has 1 amide bonds. The van der Waals surface area contributed by atoms with E-state index < -0.39 is 11.6 Å². The highest BCUT2D eigenvalue weighted by Gasteiger charge is 2.28. The number of benzene rings is 1. The molecule has 2 N–H and O–H groups in total. The lowest BCUT2D eigenvalue weighted by molar-refractivity contribution is -0.130. The number of carbonyl (C=O) groups is 1. The van der Waals surface area contributed by atoms with Gasteiger partial charge in [0, 0.05) is 32.1 Å². The van der Waals surface area contributed by atoms with Crippen molar-refractivity contribution in [2.24, 2.45) is 0 Å². The Labute approximate surface area is 196 Å². The smallest absolute Gasteiger partial charge is 0.224 e. The van der Waals surface area contributed by atoms with E-state index in [1.54, 1.807) is 13.1 Å². The first-order valence-electron chi connectivity index (χ1n) is 12.0. The van der Waals surface area contributed by atoms with Gasteiger partial charge in [-0.1, -0.05) is 19.3 Å². The van der Waals surface area contributed by atoms with E-state index in [4.69, 9.17) is 4.98 Å². The normalized spacial score (nSPS) is 19.4. The molecule has 34 heavy (non-hydrogen) atoms. The summed E-state index contributed by atoms with van der Waals surface area (Å²) in [6, 6.07) is 3.63. The molecule has 10 heteroatoms. The number of likely N-dealkylation sites (tertiary alicyclic amines) is 1. The van der Waals surface area contributed by atoms with Crippen molar-refractivity contribution in [1.29, 1.82) is 0 Å². The van der Waals surface area contributed by atoms with Crippen LogP contribution in [0.2, 0.25) is 0 Å². The molecule has 1 saturated carbocycles. The number of anilines is 3. The molecule has 1 atom stereocenters. The van der Waals surface area contributed by atoms with Crippen LogP contribution in [0.15, 0.2) is 24.4 Å². The molecule has 1 aliphatic carbocycles. The predicted molar refractivity (Wildman–Crippen MR) is 126 cm³/mol. The van der Waals surface area contributed by atoms with Gasteiger partial charge in [-0.25, -0.2) is 18.7 Å². The highest BCUT2D eigenvalue weighted by atomic mass is 19.1. The van der Waals surface area contributed by atoms with Crippen LogP contribution in [0, 0.1) is 11.6 Å². The molecule has 8 nitrogen and oxygen atoms in total. The van der Waals surface area contributed by atoms with Crippen LogP contribution in [0.25, 0.3) is 11.2 Å². The number of nitrogens with zero attached hydrogens (tertiary/aromatic N) is 5. The fourth-order valence-corrected chi connectivity index (χ4v) is 4.99. The van der Waals surface area contributed by atoms with Gasteiger partial charge < -0.3 is 15.5 Å². The average molecular weight is 470 g/mol. The van der Waals surface area contributed by atoms with Crippen LogP contribution in [0.4, 0.5) is 26.4 Å². The monoisotopic (exact) mass is 469 g/mol. The van der Waals surface area contributed by atoms with Gasteiger partial charge in [0.05, 0.1) is 17.9 Å². The summed E-state index contributed by atoms with van der Waals surface area (Å²) in [6.45, 7) is 2.78. The number of piperidine rings is 1. The molecule has 3 aromatic rings. The minimum absolute atomic E-state index is 0.0162. The maximum atomic E-state index is 14.4. The lowest BCUT2D eigenvalue weighted by Crippen LogP contribution is -2.39. The second kappa shape index (κ2) is 9.52. The first kappa shape index (κ1) is 22.5. The van der Waals surface area contributed by atoms with Crippen LogP contribution in [-0.4, -0.2) is 49.5 Å². The summed E-state index contributed by atoms with van der Waals surface area (Å²) in [7, 11) is 0. The highest BCUT2D eigenvalue weighted by molar-refractivity contribution is 5.77. The van der Waals surface area contributed by atoms with Gasteiger partial charge in [-0.3, -0.25) is 9.36 Å². The van der Waals surface area contributed by atoms with Gasteiger partial charge in [-0.2, -0.15) is 4.98 Å². The van der Waals surface area contributed by atoms with Gasteiger partial charge in [0.1, 0.15) is 17.2 Å². The van der Waals surface area contributed by atoms with E-state index in [-0.39, 0.29) is 17.6 Å². The predicted octanol–water partition coefficient (Wildman–Crippen LogP) is 4.78. The molecule has 1 unspecified atom stereocenters. The third-order valence-electron chi connectivity index (χ3n) is 6.76. The van der Waals surface area contributed by atoms with Crippen molar-refractivity contribution in [3.63, 3.8) is 0 Å². The van der Waals surface area contributed by atoms with E-state index in [0.29, 0.717) is 42.2 Å². The number of rotatable bonds is 5. The summed E-state index contributed by atoms with van der Waals surface area (Å²) in [5, 5.41) is 6.47. The lowest BCUT2D eigenvalue weighted by atomic mass is 9.96. The molecule has 2 aliphatic rings. The molecule has 180 valence electrons. The first-order valence-corrected chi connectivity index (χ1v) is 12.0. The van der Waals surface area contributed by atoms with Crippen molar-refractivity contribution in [2.45, 2.75) is 64.0 Å². The van der Waals surface area contributed by atoms with Crippen LogP contribution in [0.3, 0.4) is 0 Å². The van der Waals surface area contributed by atoms with E-state index in [0.717, 1.165) is 31.7 Å². The molecule has 0 spiro atoms. The number of fused-ring (bicyclic) bond motifs is 1. The molecule has 1 aliphatic heterocycles. The number of aromatic nitrogens is 4. The third-order valence-corrected chi connectivity index (χ3v) is 6.76. The fraction of sp³-hybridized carbons (Fsp3) is 0.500. The Kier molecular flexibility index (Phi) is 6.30. The number of nitrogens with one attached hydrogen (secondary N) is 2. The van der Waals surface area contributed by atoms with Gasteiger partial charge in [0.15, 0.2) is 5.65 Å². The standard InChI is InChI=1S/C24H29F2N7O/c1-15(34)32-11-5-8-18(14-32)33-22-21(13-27-23(31-22)28-17-6-3-2-4-7-17)30-24(33)29-20-10-9-16(25)12-19(20)26/h9-10,12-13,17-18H,2-8,11,14H2,1H3,(H,29,30)(H,27,28,31). The minimum atomic E-state index is -0.710. The topological polar surface area (TPSA) is 88.0 Å². The number of hydrogen-bond donors (Lipinski definition) is 2. The highest BCUT2D eigenvalue weighted by Crippen LogP contribution is 2.32. The zero-order valence-corrected chi connectivity index (χ0v) is 19.2. The maximum Gasteiger partial charge on any atom is 0.224 e. The van der Waals surface area contributed by atoms with Crippen molar-refractivity contribution in [3.05, 3.63) is 36.0 Å². The van der Waals surface area contributed by atoms with Gasteiger partial charge in [-0.05, 0) is 37.8 Å². The maximum absolute atomic E-state index is 14.4.